The van der Waals surface area contributed by atoms with Gasteiger partial charge in [0, 0.05) is 0 Å². The number of hydrogen-bond donors (Lipinski definition) is 3. The van der Waals surface area contributed by atoms with Gasteiger partial charge in [-0.05, 0) is 12.8 Å². The van der Waals surface area contributed by atoms with Crippen LogP contribution in [0.2, 0.25) is 0 Å². The Hall–Kier alpha value is -1.67. The molecule has 0 aromatic rings. The second kappa shape index (κ2) is 4.21. The maximum Gasteiger partial charge on any atom is 0.255 e. The lowest BCUT2D eigenvalue weighted by Gasteiger charge is -2.31. The normalized spacial score (nSPS) is 38.6. The third-order valence-corrected chi connectivity index (χ3v) is 3.36. The number of ether oxygens (including phenoxy) is 1. The van der Waals surface area contributed by atoms with Gasteiger partial charge in [0.15, 0.2) is 18.2 Å². The molecule has 1 fully saturated rings. The van der Waals surface area contributed by atoms with Crippen molar-refractivity contribution in [1.29, 1.82) is 0 Å². The number of nitrogens with zero attached hydrogens (tertiary/aromatic N) is 3. The number of nitrogens with one attached hydrogen (secondary N) is 1. The van der Waals surface area contributed by atoms with Gasteiger partial charge in [0.1, 0.15) is 6.23 Å². The first-order chi connectivity index (χ1) is 8.69. The van der Waals surface area contributed by atoms with E-state index in [4.69, 9.17) is 15.6 Å². The number of amides is 1. The van der Waals surface area contributed by atoms with Gasteiger partial charge in [-0.2, -0.15) is 0 Å². The van der Waals surface area contributed by atoms with E-state index in [-0.39, 0.29) is 30.8 Å². The number of carbonyl (C=O) groups excluding carboxylic acids is 1. The van der Waals surface area contributed by atoms with E-state index in [0.717, 1.165) is 12.8 Å². The van der Waals surface area contributed by atoms with Gasteiger partial charge in [0.05, 0.1) is 19.0 Å². The Morgan fingerprint density at radius 3 is 3.17 bits per heavy atom. The van der Waals surface area contributed by atoms with Gasteiger partial charge in [-0.1, -0.05) is 0 Å². The van der Waals surface area contributed by atoms with Gasteiger partial charge in [0.25, 0.3) is 5.91 Å². The fourth-order valence-corrected chi connectivity index (χ4v) is 2.46. The second-order valence-electron chi connectivity index (χ2n) is 4.55. The Kier molecular flexibility index (Phi) is 2.67. The zero-order chi connectivity index (χ0) is 12.7. The number of fused-ring (bicyclic) bond motifs is 1. The summed E-state index contributed by atoms with van der Waals surface area (Å²) in [6, 6.07) is -0.561. The van der Waals surface area contributed by atoms with Crippen LogP contribution in [0, 0.1) is 0 Å². The van der Waals surface area contributed by atoms with Crippen LogP contribution < -0.4 is 11.1 Å². The molecule has 3 heterocycles. The van der Waals surface area contributed by atoms with Crippen molar-refractivity contribution in [1.82, 2.24) is 10.2 Å². The van der Waals surface area contributed by atoms with Crippen LogP contribution in [0.4, 0.5) is 0 Å². The van der Waals surface area contributed by atoms with Crippen molar-refractivity contribution < 1.29 is 14.6 Å². The first kappa shape index (κ1) is 11.4. The van der Waals surface area contributed by atoms with E-state index in [1.807, 2.05) is 0 Å². The molecule has 3 aliphatic rings. The summed E-state index contributed by atoms with van der Waals surface area (Å²) in [6.45, 7) is 0.00146. The number of nitrogens with two attached hydrogens (primary N) is 1. The number of rotatable bonds is 2. The molecule has 98 valence electrons. The molecule has 3 rings (SSSR count). The minimum Gasteiger partial charge on any atom is -0.394 e. The summed E-state index contributed by atoms with van der Waals surface area (Å²) in [4.78, 5) is 21.8. The van der Waals surface area contributed by atoms with Crippen molar-refractivity contribution in [2.45, 2.75) is 37.4 Å². The van der Waals surface area contributed by atoms with Crippen molar-refractivity contribution in [3.63, 3.8) is 0 Å². The molecule has 3 aliphatic heterocycles. The van der Waals surface area contributed by atoms with Crippen molar-refractivity contribution in [2.24, 2.45) is 15.7 Å². The molecule has 1 saturated heterocycles. The molecule has 18 heavy (non-hydrogen) atoms. The van der Waals surface area contributed by atoms with Gasteiger partial charge in [0.2, 0.25) is 0 Å². The Balaban J connectivity index is 1.77. The van der Waals surface area contributed by atoms with Crippen LogP contribution >= 0.6 is 0 Å². The van der Waals surface area contributed by atoms with E-state index in [1.54, 1.807) is 11.2 Å². The fraction of sp³-hybridized carbons (Fsp3) is 0.700. The molecule has 0 aromatic carbocycles. The third kappa shape index (κ3) is 1.73. The number of aliphatic hydroxyl groups excluding tert-OH is 1. The van der Waals surface area contributed by atoms with Crippen LogP contribution in [-0.4, -0.2) is 59.4 Å². The smallest absolute Gasteiger partial charge is 0.255 e. The summed E-state index contributed by atoms with van der Waals surface area (Å²) in [5, 5.41) is 11.5. The highest BCUT2D eigenvalue weighted by atomic mass is 16.5. The first-order valence-corrected chi connectivity index (χ1v) is 5.90. The number of hydrogen-bond acceptors (Lipinski definition) is 7. The number of aliphatic hydroxyl groups is 1. The summed E-state index contributed by atoms with van der Waals surface area (Å²) in [6.07, 6.45) is 2.36. The average molecular weight is 253 g/mol. The lowest BCUT2D eigenvalue weighted by molar-refractivity contribution is -0.123. The molecular weight excluding hydrogens is 238 g/mol. The minimum atomic E-state index is -0.561. The van der Waals surface area contributed by atoms with E-state index in [9.17, 15) is 4.79 Å². The Labute approximate surface area is 104 Å². The molecule has 2 unspecified atom stereocenters. The minimum absolute atomic E-state index is 0.00146. The maximum absolute atomic E-state index is 11.7. The van der Waals surface area contributed by atoms with Crippen molar-refractivity contribution in [2.75, 3.05) is 6.61 Å². The maximum atomic E-state index is 11.7. The van der Waals surface area contributed by atoms with Crippen LogP contribution in [0.5, 0.6) is 0 Å². The highest BCUT2D eigenvalue weighted by Gasteiger charge is 2.43. The van der Waals surface area contributed by atoms with Crippen LogP contribution in [0.25, 0.3) is 0 Å². The summed E-state index contributed by atoms with van der Waals surface area (Å²) >= 11 is 0. The molecule has 0 bridgehead atoms. The lowest BCUT2D eigenvalue weighted by atomic mass is 10.2. The van der Waals surface area contributed by atoms with Gasteiger partial charge >= 0.3 is 0 Å². The number of aliphatic imine (C=N–C) groups is 2. The number of carbonyl (C=O) groups is 1. The third-order valence-electron chi connectivity index (χ3n) is 3.36. The standard InChI is InChI=1S/C10H15N5O3/c11-10-13-8-7(9(17)14-10)12-4-15(8)6-2-1-5(3-16)18-6/h4-8,16H,1-3H2,(H3,11,13,14,17)/t5-,6+,7?,8?/m0/s1. The topological polar surface area (TPSA) is 113 Å². The predicted molar refractivity (Wildman–Crippen MR) is 62.7 cm³/mol. The van der Waals surface area contributed by atoms with E-state index in [1.165, 1.54) is 0 Å². The van der Waals surface area contributed by atoms with Crippen LogP contribution in [0.3, 0.4) is 0 Å². The molecule has 4 atom stereocenters. The van der Waals surface area contributed by atoms with Crippen molar-refractivity contribution >= 4 is 18.2 Å². The largest absolute Gasteiger partial charge is 0.394 e. The van der Waals surface area contributed by atoms with Crippen molar-refractivity contribution in [3.8, 4) is 0 Å². The van der Waals surface area contributed by atoms with Gasteiger partial charge < -0.3 is 20.5 Å². The average Bonchev–Trinajstić information content (AvgIpc) is 2.93. The summed E-state index contributed by atoms with van der Waals surface area (Å²) in [5.74, 6) is -0.142. The van der Waals surface area contributed by atoms with Gasteiger partial charge in [-0.15, -0.1) is 0 Å². The highest BCUT2D eigenvalue weighted by molar-refractivity contribution is 6.02. The van der Waals surface area contributed by atoms with Crippen LogP contribution in [-0.2, 0) is 9.53 Å². The van der Waals surface area contributed by atoms with Crippen LogP contribution in [0.15, 0.2) is 9.98 Å². The van der Waals surface area contributed by atoms with E-state index >= 15 is 0 Å². The van der Waals surface area contributed by atoms with Gasteiger partial charge in [-0.25, -0.2) is 4.99 Å². The fourth-order valence-electron chi connectivity index (χ4n) is 2.46. The molecule has 0 radical (unpaired) electrons. The van der Waals surface area contributed by atoms with E-state index in [2.05, 4.69) is 15.3 Å². The van der Waals surface area contributed by atoms with Crippen molar-refractivity contribution in [3.05, 3.63) is 0 Å². The number of guanidine groups is 1. The quantitative estimate of drug-likeness (QED) is 0.525. The zero-order valence-electron chi connectivity index (χ0n) is 9.69. The molecule has 0 saturated carbocycles. The van der Waals surface area contributed by atoms with Crippen LogP contribution in [0.1, 0.15) is 12.8 Å². The van der Waals surface area contributed by atoms with E-state index in [0.29, 0.717) is 0 Å². The monoisotopic (exact) mass is 253 g/mol. The summed E-state index contributed by atoms with van der Waals surface area (Å²) in [5.41, 5.74) is 5.55. The Morgan fingerprint density at radius 2 is 2.44 bits per heavy atom. The summed E-state index contributed by atoms with van der Waals surface area (Å²) < 4.78 is 5.66. The SMILES string of the molecule is NC1=NC2C(N=CN2[C@H]2CC[C@@H](CO)O2)C(=O)N1. The van der Waals surface area contributed by atoms with Gasteiger partial charge in [-0.3, -0.25) is 15.1 Å². The molecule has 4 N–H and O–H groups in total. The molecule has 0 aliphatic carbocycles. The molecule has 1 amide bonds. The molecular formula is C10H15N5O3. The zero-order valence-corrected chi connectivity index (χ0v) is 9.69. The molecule has 8 nitrogen and oxygen atoms in total. The second-order valence-corrected chi connectivity index (χ2v) is 4.55. The predicted octanol–water partition coefficient (Wildman–Crippen LogP) is -2.03. The first-order valence-electron chi connectivity index (χ1n) is 5.90. The highest BCUT2D eigenvalue weighted by Crippen LogP contribution is 2.28. The Bertz CT molecular complexity index is 424. The van der Waals surface area contributed by atoms with E-state index < -0.39 is 12.2 Å². The molecule has 8 heteroatoms. The summed E-state index contributed by atoms with van der Waals surface area (Å²) in [7, 11) is 0. The lowest BCUT2D eigenvalue weighted by Crippen LogP contribution is -2.55. The Morgan fingerprint density at radius 1 is 1.61 bits per heavy atom. The molecule has 0 aromatic heterocycles. The molecule has 0 spiro atoms.